The number of aromatic nitrogens is 3. The van der Waals surface area contributed by atoms with E-state index in [2.05, 4.69) is 11.1 Å². The predicted octanol–water partition coefficient (Wildman–Crippen LogP) is 3.15. The second-order valence-electron chi connectivity index (χ2n) is 8.65. The lowest BCUT2D eigenvalue weighted by atomic mass is 10.1. The Balaban J connectivity index is 1.77. The fourth-order valence-corrected chi connectivity index (χ4v) is 4.48. The molecule has 0 unspecified atom stereocenters. The second kappa shape index (κ2) is 9.76. The van der Waals surface area contributed by atoms with E-state index in [1.165, 1.54) is 10.5 Å². The second-order valence-corrected chi connectivity index (χ2v) is 8.65. The van der Waals surface area contributed by atoms with Crippen molar-refractivity contribution in [1.29, 1.82) is 5.26 Å². The molecule has 1 aromatic carbocycles. The molecule has 0 saturated carbocycles. The number of pyridine rings is 2. The molecule has 1 saturated heterocycles. The summed E-state index contributed by atoms with van der Waals surface area (Å²) in [5.41, 5.74) is 2.03. The van der Waals surface area contributed by atoms with Crippen LogP contribution in [0.1, 0.15) is 41.3 Å². The Labute approximate surface area is 206 Å². The summed E-state index contributed by atoms with van der Waals surface area (Å²) in [7, 11) is 0. The molecule has 0 spiro atoms. The molecule has 1 aliphatic heterocycles. The standard InChI is InChI=1S/C27H25N5O4/c1-3-35-20-10-8-18(9-11-20)26(33)30-24-19(15-28)14-22-25(32(24)16-21-7-5-13-36-21)29-23-17(2)6-4-12-31(23)27(22)34/h4,6,8-12,14,21H,3,5,7,13,16H2,1-2H3/t21-/m1/s1. The molecule has 5 rings (SSSR count). The van der Waals surface area contributed by atoms with Crippen LogP contribution in [0.5, 0.6) is 5.75 Å². The lowest BCUT2D eigenvalue weighted by Gasteiger charge is -2.17. The maximum Gasteiger partial charge on any atom is 0.278 e. The zero-order chi connectivity index (χ0) is 25.2. The highest BCUT2D eigenvalue weighted by Crippen LogP contribution is 2.18. The highest BCUT2D eigenvalue weighted by Gasteiger charge is 2.21. The molecule has 1 atom stereocenters. The van der Waals surface area contributed by atoms with Crippen molar-refractivity contribution >= 4 is 22.6 Å². The summed E-state index contributed by atoms with van der Waals surface area (Å²) < 4.78 is 14.5. The van der Waals surface area contributed by atoms with Crippen LogP contribution in [0.2, 0.25) is 0 Å². The number of nitrogens with zero attached hydrogens (tertiary/aromatic N) is 5. The van der Waals surface area contributed by atoms with Gasteiger partial charge >= 0.3 is 0 Å². The average Bonchev–Trinajstić information content (AvgIpc) is 3.40. The highest BCUT2D eigenvalue weighted by atomic mass is 16.5. The number of fused-ring (bicyclic) bond motifs is 2. The molecule has 36 heavy (non-hydrogen) atoms. The Morgan fingerprint density at radius 3 is 2.78 bits per heavy atom. The molecule has 4 heterocycles. The fourth-order valence-electron chi connectivity index (χ4n) is 4.48. The Morgan fingerprint density at radius 1 is 1.28 bits per heavy atom. The van der Waals surface area contributed by atoms with Gasteiger partial charge in [0, 0.05) is 18.4 Å². The Kier molecular flexibility index (Phi) is 6.36. The van der Waals surface area contributed by atoms with Crippen molar-refractivity contribution in [3.8, 4) is 11.8 Å². The van der Waals surface area contributed by atoms with Gasteiger partial charge in [-0.3, -0.25) is 14.0 Å². The van der Waals surface area contributed by atoms with E-state index in [-0.39, 0.29) is 28.1 Å². The van der Waals surface area contributed by atoms with Crippen molar-refractivity contribution in [1.82, 2.24) is 14.0 Å². The Hall–Kier alpha value is -4.29. The van der Waals surface area contributed by atoms with Gasteiger partial charge in [0.05, 0.1) is 30.2 Å². The van der Waals surface area contributed by atoms with Gasteiger partial charge in [-0.05, 0) is 68.7 Å². The maximum atomic E-state index is 13.4. The molecule has 0 bridgehead atoms. The van der Waals surface area contributed by atoms with E-state index in [0.717, 1.165) is 18.4 Å². The van der Waals surface area contributed by atoms with Gasteiger partial charge in [-0.25, -0.2) is 4.98 Å². The smallest absolute Gasteiger partial charge is 0.278 e. The largest absolute Gasteiger partial charge is 0.494 e. The molecular weight excluding hydrogens is 458 g/mol. The van der Waals surface area contributed by atoms with Crippen LogP contribution in [0, 0.1) is 18.3 Å². The van der Waals surface area contributed by atoms with Gasteiger partial charge in [0.25, 0.3) is 11.5 Å². The number of hydrogen-bond acceptors (Lipinski definition) is 6. The summed E-state index contributed by atoms with van der Waals surface area (Å²) >= 11 is 0. The van der Waals surface area contributed by atoms with Crippen molar-refractivity contribution in [2.45, 2.75) is 39.3 Å². The summed E-state index contributed by atoms with van der Waals surface area (Å²) in [6.07, 6.45) is 3.25. The predicted molar refractivity (Wildman–Crippen MR) is 133 cm³/mol. The molecule has 0 radical (unpaired) electrons. The van der Waals surface area contributed by atoms with Crippen molar-refractivity contribution in [2.24, 2.45) is 4.99 Å². The third kappa shape index (κ3) is 4.27. The van der Waals surface area contributed by atoms with Crippen LogP contribution in [0.15, 0.2) is 58.4 Å². The summed E-state index contributed by atoms with van der Waals surface area (Å²) in [4.78, 5) is 35.7. The minimum atomic E-state index is -0.510. The number of nitriles is 1. The van der Waals surface area contributed by atoms with Crippen LogP contribution in [0.25, 0.3) is 16.7 Å². The Bertz CT molecular complexity index is 1640. The van der Waals surface area contributed by atoms with Gasteiger partial charge < -0.3 is 14.0 Å². The van der Waals surface area contributed by atoms with Crippen LogP contribution in [0.3, 0.4) is 0 Å². The lowest BCUT2D eigenvalue weighted by Crippen LogP contribution is -2.33. The van der Waals surface area contributed by atoms with Crippen molar-refractivity contribution < 1.29 is 14.3 Å². The SMILES string of the molecule is CCOc1ccc(C(=O)N=c2c(C#N)cc3c(=O)n4cccc(C)c4nc3n2C[C@H]2CCCO2)cc1. The quantitative estimate of drug-likeness (QED) is 0.403. The van der Waals surface area contributed by atoms with Crippen molar-refractivity contribution in [3.05, 3.63) is 81.2 Å². The van der Waals surface area contributed by atoms with Crippen LogP contribution < -0.4 is 15.8 Å². The fraction of sp³-hybridized carbons (Fsp3) is 0.296. The van der Waals surface area contributed by atoms with Gasteiger partial charge in [-0.1, -0.05) is 6.07 Å². The molecule has 1 fully saturated rings. The number of ether oxygens (including phenoxy) is 2. The first kappa shape index (κ1) is 23.5. The van der Waals surface area contributed by atoms with E-state index in [0.29, 0.717) is 42.4 Å². The third-order valence-corrected chi connectivity index (χ3v) is 6.26. The van der Waals surface area contributed by atoms with Gasteiger partial charge in [-0.2, -0.15) is 10.3 Å². The minimum absolute atomic E-state index is 0.117. The van der Waals surface area contributed by atoms with Gasteiger partial charge in [-0.15, -0.1) is 0 Å². The summed E-state index contributed by atoms with van der Waals surface area (Å²) in [5, 5.41) is 10.3. The van der Waals surface area contributed by atoms with Crippen molar-refractivity contribution in [3.63, 3.8) is 0 Å². The molecule has 1 aliphatic rings. The minimum Gasteiger partial charge on any atom is -0.494 e. The van der Waals surface area contributed by atoms with E-state index in [1.54, 1.807) is 41.1 Å². The molecule has 0 aliphatic carbocycles. The molecule has 182 valence electrons. The van der Waals surface area contributed by atoms with E-state index in [9.17, 15) is 14.9 Å². The van der Waals surface area contributed by atoms with Gasteiger partial charge in [0.1, 0.15) is 23.1 Å². The first-order chi connectivity index (χ1) is 17.5. The maximum absolute atomic E-state index is 13.4. The first-order valence-electron chi connectivity index (χ1n) is 11.9. The molecular formula is C27H25N5O4. The van der Waals surface area contributed by atoms with E-state index < -0.39 is 5.91 Å². The van der Waals surface area contributed by atoms with E-state index >= 15 is 0 Å². The zero-order valence-corrected chi connectivity index (χ0v) is 20.1. The van der Waals surface area contributed by atoms with Crippen LogP contribution >= 0.6 is 0 Å². The normalized spacial score (nSPS) is 15.9. The molecule has 9 nitrogen and oxygen atoms in total. The van der Waals surface area contributed by atoms with Crippen LogP contribution in [-0.4, -0.2) is 39.2 Å². The van der Waals surface area contributed by atoms with Gasteiger partial charge in [0.2, 0.25) is 0 Å². The highest BCUT2D eigenvalue weighted by molar-refractivity contribution is 5.95. The topological polar surface area (TPSA) is 111 Å². The van der Waals surface area contributed by atoms with E-state index in [4.69, 9.17) is 14.5 Å². The number of carbonyl (C=O) groups is 1. The molecule has 0 N–H and O–H groups in total. The number of rotatable bonds is 5. The van der Waals surface area contributed by atoms with E-state index in [1.807, 2.05) is 19.9 Å². The van der Waals surface area contributed by atoms with Crippen molar-refractivity contribution in [2.75, 3.05) is 13.2 Å². The summed E-state index contributed by atoms with van der Waals surface area (Å²) in [6.45, 7) is 5.23. The molecule has 4 aromatic rings. The molecule has 9 heteroatoms. The molecule has 1 amide bonds. The average molecular weight is 484 g/mol. The monoisotopic (exact) mass is 483 g/mol. The number of hydrogen-bond donors (Lipinski definition) is 0. The number of benzene rings is 1. The third-order valence-electron chi connectivity index (χ3n) is 6.26. The first-order valence-corrected chi connectivity index (χ1v) is 11.9. The number of aryl methyl sites for hydroxylation is 1. The number of carbonyl (C=O) groups excluding carboxylic acids is 1. The Morgan fingerprint density at radius 2 is 2.08 bits per heavy atom. The lowest BCUT2D eigenvalue weighted by molar-refractivity contribution is 0.0952. The van der Waals surface area contributed by atoms with Gasteiger partial charge in [0.15, 0.2) is 5.49 Å². The zero-order valence-electron chi connectivity index (χ0n) is 20.1. The number of amides is 1. The van der Waals surface area contributed by atoms with Crippen LogP contribution in [-0.2, 0) is 11.3 Å². The molecule has 3 aromatic heterocycles. The summed E-state index contributed by atoms with van der Waals surface area (Å²) in [5.74, 6) is 0.140. The summed E-state index contributed by atoms with van der Waals surface area (Å²) in [6, 6.07) is 13.9. The van der Waals surface area contributed by atoms with Crippen LogP contribution in [0.4, 0.5) is 0 Å².